The SMILES string of the molecule is COc1ccc(Cl)cc1Nc1ncnc(Nc2cccnc2Cl)c1[N+](=O)[O-]. The maximum absolute atomic E-state index is 11.7. The lowest BCUT2D eigenvalue weighted by Gasteiger charge is -2.13. The number of rotatable bonds is 6. The van der Waals surface area contributed by atoms with Crippen molar-refractivity contribution in [3.63, 3.8) is 0 Å². The van der Waals surface area contributed by atoms with Crippen molar-refractivity contribution in [2.24, 2.45) is 0 Å². The van der Waals surface area contributed by atoms with Gasteiger partial charge >= 0.3 is 5.69 Å². The smallest absolute Gasteiger partial charge is 0.353 e. The van der Waals surface area contributed by atoms with Gasteiger partial charge in [0.15, 0.2) is 5.15 Å². The molecule has 11 heteroatoms. The lowest BCUT2D eigenvalue weighted by atomic mass is 10.3. The van der Waals surface area contributed by atoms with Gasteiger partial charge in [0.25, 0.3) is 0 Å². The van der Waals surface area contributed by atoms with Crippen LogP contribution in [0.15, 0.2) is 42.9 Å². The molecule has 0 aliphatic rings. The molecule has 0 saturated carbocycles. The van der Waals surface area contributed by atoms with Crippen LogP contribution in [0.25, 0.3) is 0 Å². The van der Waals surface area contributed by atoms with Gasteiger partial charge in [0.1, 0.15) is 12.1 Å². The zero-order valence-corrected chi connectivity index (χ0v) is 15.3. The summed E-state index contributed by atoms with van der Waals surface area (Å²) in [6, 6.07) is 8.09. The van der Waals surface area contributed by atoms with Crippen molar-refractivity contribution in [2.75, 3.05) is 17.7 Å². The minimum atomic E-state index is -0.605. The van der Waals surface area contributed by atoms with Crippen LogP contribution in [0.1, 0.15) is 0 Å². The van der Waals surface area contributed by atoms with Gasteiger partial charge < -0.3 is 15.4 Å². The van der Waals surface area contributed by atoms with E-state index in [-0.39, 0.29) is 22.5 Å². The first-order valence-electron chi connectivity index (χ1n) is 7.47. The number of aromatic nitrogens is 3. The predicted octanol–water partition coefficient (Wildman–Crippen LogP) is 4.58. The Hall–Kier alpha value is -3.17. The highest BCUT2D eigenvalue weighted by Crippen LogP contribution is 2.37. The van der Waals surface area contributed by atoms with Crippen LogP contribution in [0.4, 0.5) is 28.7 Å². The molecule has 2 N–H and O–H groups in total. The first-order valence-corrected chi connectivity index (χ1v) is 8.22. The number of nitrogens with zero attached hydrogens (tertiary/aromatic N) is 4. The number of ether oxygens (including phenoxy) is 1. The van der Waals surface area contributed by atoms with E-state index >= 15 is 0 Å². The minimum Gasteiger partial charge on any atom is -0.495 e. The number of hydrogen-bond acceptors (Lipinski definition) is 8. The molecule has 0 aliphatic heterocycles. The van der Waals surface area contributed by atoms with E-state index in [1.54, 1.807) is 30.3 Å². The average Bonchev–Trinajstić information content (AvgIpc) is 2.64. The molecule has 138 valence electrons. The van der Waals surface area contributed by atoms with Crippen LogP contribution >= 0.6 is 23.2 Å². The minimum absolute atomic E-state index is 0.0434. The van der Waals surface area contributed by atoms with E-state index in [1.165, 1.54) is 19.6 Å². The number of nitrogens with one attached hydrogen (secondary N) is 2. The highest BCUT2D eigenvalue weighted by atomic mass is 35.5. The molecule has 2 heterocycles. The summed E-state index contributed by atoms with van der Waals surface area (Å²) in [4.78, 5) is 22.9. The van der Waals surface area contributed by atoms with E-state index in [1.807, 2.05) is 0 Å². The van der Waals surface area contributed by atoms with Crippen LogP contribution in [-0.4, -0.2) is 27.0 Å². The van der Waals surface area contributed by atoms with Gasteiger partial charge in [-0.2, -0.15) is 0 Å². The van der Waals surface area contributed by atoms with Crippen LogP contribution in [-0.2, 0) is 0 Å². The van der Waals surface area contributed by atoms with E-state index in [2.05, 4.69) is 25.6 Å². The van der Waals surface area contributed by atoms with E-state index in [0.717, 1.165) is 0 Å². The Bertz CT molecular complexity index is 1000. The Labute approximate surface area is 163 Å². The molecule has 0 unspecified atom stereocenters. The Morgan fingerprint density at radius 2 is 1.78 bits per heavy atom. The standard InChI is InChI=1S/C16H12Cl2N6O3/c1-27-12-5-4-9(17)7-11(12)23-16-13(24(25)26)15(20-8-21-16)22-10-3-2-6-19-14(10)18/h2-8H,1H3,(H2,20,21,22,23). The highest BCUT2D eigenvalue weighted by molar-refractivity contribution is 6.32. The molecular weight excluding hydrogens is 395 g/mol. The lowest BCUT2D eigenvalue weighted by Crippen LogP contribution is -2.06. The summed E-state index contributed by atoms with van der Waals surface area (Å²) < 4.78 is 5.24. The molecular formula is C16H12Cl2N6O3. The summed E-state index contributed by atoms with van der Waals surface area (Å²) in [6.45, 7) is 0. The Morgan fingerprint density at radius 3 is 2.41 bits per heavy atom. The van der Waals surface area contributed by atoms with Crippen LogP contribution in [0.2, 0.25) is 10.2 Å². The molecule has 0 radical (unpaired) electrons. The molecule has 0 saturated heterocycles. The van der Waals surface area contributed by atoms with Crippen molar-refractivity contribution in [3.05, 3.63) is 63.1 Å². The van der Waals surface area contributed by atoms with Gasteiger partial charge in [-0.05, 0) is 30.3 Å². The molecule has 1 aromatic carbocycles. The quantitative estimate of drug-likeness (QED) is 0.347. The third kappa shape index (κ3) is 4.15. The summed E-state index contributed by atoms with van der Waals surface area (Å²) in [5.41, 5.74) is 0.406. The Balaban J connectivity index is 2.03. The largest absolute Gasteiger partial charge is 0.495 e. The van der Waals surface area contributed by atoms with Crippen LogP contribution < -0.4 is 15.4 Å². The van der Waals surface area contributed by atoms with Gasteiger partial charge in [-0.3, -0.25) is 10.1 Å². The van der Waals surface area contributed by atoms with E-state index < -0.39 is 4.92 Å². The van der Waals surface area contributed by atoms with Crippen LogP contribution in [0, 0.1) is 10.1 Å². The molecule has 0 fully saturated rings. The fourth-order valence-electron chi connectivity index (χ4n) is 2.25. The van der Waals surface area contributed by atoms with Crippen molar-refractivity contribution in [1.82, 2.24) is 15.0 Å². The van der Waals surface area contributed by atoms with Crippen molar-refractivity contribution in [1.29, 1.82) is 0 Å². The van der Waals surface area contributed by atoms with Crippen LogP contribution in [0.5, 0.6) is 5.75 Å². The molecule has 0 atom stereocenters. The van der Waals surface area contributed by atoms with E-state index in [0.29, 0.717) is 22.1 Å². The fourth-order valence-corrected chi connectivity index (χ4v) is 2.59. The molecule has 0 amide bonds. The monoisotopic (exact) mass is 406 g/mol. The normalized spacial score (nSPS) is 10.3. The third-order valence-electron chi connectivity index (χ3n) is 3.43. The van der Waals surface area contributed by atoms with Crippen molar-refractivity contribution >= 4 is 51.9 Å². The summed E-state index contributed by atoms with van der Waals surface area (Å²) in [7, 11) is 1.47. The molecule has 0 bridgehead atoms. The molecule has 9 nitrogen and oxygen atoms in total. The zero-order valence-electron chi connectivity index (χ0n) is 13.8. The number of benzene rings is 1. The van der Waals surface area contributed by atoms with Crippen LogP contribution in [0.3, 0.4) is 0 Å². The highest BCUT2D eigenvalue weighted by Gasteiger charge is 2.24. The van der Waals surface area contributed by atoms with Gasteiger partial charge in [0.05, 0.1) is 23.4 Å². The molecule has 0 spiro atoms. The number of halogens is 2. The van der Waals surface area contributed by atoms with Gasteiger partial charge in [-0.15, -0.1) is 0 Å². The summed E-state index contributed by atoms with van der Waals surface area (Å²) in [6.07, 6.45) is 2.68. The Morgan fingerprint density at radius 1 is 1.07 bits per heavy atom. The molecule has 3 aromatic rings. The van der Waals surface area contributed by atoms with E-state index in [9.17, 15) is 10.1 Å². The van der Waals surface area contributed by atoms with Gasteiger partial charge in [-0.25, -0.2) is 15.0 Å². The lowest BCUT2D eigenvalue weighted by molar-refractivity contribution is -0.383. The van der Waals surface area contributed by atoms with Gasteiger partial charge in [0.2, 0.25) is 11.6 Å². The number of anilines is 4. The zero-order chi connectivity index (χ0) is 19.4. The van der Waals surface area contributed by atoms with Crippen molar-refractivity contribution in [2.45, 2.75) is 0 Å². The predicted molar refractivity (Wildman–Crippen MR) is 103 cm³/mol. The Kier molecular flexibility index (Phi) is 5.53. The summed E-state index contributed by atoms with van der Waals surface area (Å²) in [5, 5.41) is 17.9. The van der Waals surface area contributed by atoms with Gasteiger partial charge in [-0.1, -0.05) is 23.2 Å². The second kappa shape index (κ2) is 8.02. The third-order valence-corrected chi connectivity index (χ3v) is 3.97. The summed E-state index contributed by atoms with van der Waals surface area (Å²) in [5.74, 6) is 0.351. The maximum Gasteiger partial charge on any atom is 0.353 e. The molecule has 27 heavy (non-hydrogen) atoms. The second-order valence-electron chi connectivity index (χ2n) is 5.11. The maximum atomic E-state index is 11.7. The molecule has 2 aromatic heterocycles. The first-order chi connectivity index (χ1) is 13.0. The second-order valence-corrected chi connectivity index (χ2v) is 5.91. The molecule has 0 aliphatic carbocycles. The van der Waals surface area contributed by atoms with E-state index in [4.69, 9.17) is 27.9 Å². The van der Waals surface area contributed by atoms with Gasteiger partial charge in [0, 0.05) is 11.2 Å². The number of pyridine rings is 1. The summed E-state index contributed by atoms with van der Waals surface area (Å²) >= 11 is 12.0. The fraction of sp³-hybridized carbons (Fsp3) is 0.0625. The average molecular weight is 407 g/mol. The first kappa shape index (κ1) is 18.6. The van der Waals surface area contributed by atoms with Crippen molar-refractivity contribution < 1.29 is 9.66 Å². The van der Waals surface area contributed by atoms with Crippen molar-refractivity contribution in [3.8, 4) is 5.75 Å². The number of hydrogen-bond donors (Lipinski definition) is 2. The number of methoxy groups -OCH3 is 1. The number of nitro groups is 1. The molecule has 3 rings (SSSR count). The topological polar surface area (TPSA) is 115 Å².